The molecule has 1 atom stereocenters. The first-order valence-electron chi connectivity index (χ1n) is 3.46. The molecule has 0 saturated heterocycles. The molecular formula is C7H14O3. The molecule has 10 heavy (non-hydrogen) atoms. The van der Waals surface area contributed by atoms with Gasteiger partial charge in [0.25, 0.3) is 0 Å². The average molecular weight is 146 g/mol. The molecular weight excluding hydrogens is 132 g/mol. The molecule has 0 amide bonds. The van der Waals surface area contributed by atoms with E-state index < -0.39 is 6.29 Å². The van der Waals surface area contributed by atoms with Gasteiger partial charge in [0.05, 0.1) is 5.92 Å². The number of aliphatic hydroxyl groups excluding tert-OH is 1. The Balaban J connectivity index is 3.57. The minimum Gasteiger partial charge on any atom is -0.436 e. The third-order valence-electron chi connectivity index (χ3n) is 1.07. The van der Waals surface area contributed by atoms with Crippen LogP contribution in [0.2, 0.25) is 0 Å². The molecule has 3 nitrogen and oxygen atoms in total. The van der Waals surface area contributed by atoms with Crippen molar-refractivity contribution in [1.82, 2.24) is 0 Å². The molecule has 1 unspecified atom stereocenters. The summed E-state index contributed by atoms with van der Waals surface area (Å²) in [4.78, 5) is 10.7. The summed E-state index contributed by atoms with van der Waals surface area (Å²) in [7, 11) is 0. The molecule has 0 heterocycles. The molecule has 0 aliphatic heterocycles. The Morgan fingerprint density at radius 3 is 2.40 bits per heavy atom. The van der Waals surface area contributed by atoms with Gasteiger partial charge in [0.15, 0.2) is 6.29 Å². The van der Waals surface area contributed by atoms with E-state index in [4.69, 9.17) is 5.11 Å². The van der Waals surface area contributed by atoms with Gasteiger partial charge in [-0.25, -0.2) is 0 Å². The van der Waals surface area contributed by atoms with Gasteiger partial charge in [0, 0.05) is 6.42 Å². The quantitative estimate of drug-likeness (QED) is 0.475. The van der Waals surface area contributed by atoms with Crippen molar-refractivity contribution in [2.24, 2.45) is 5.92 Å². The highest BCUT2D eigenvalue weighted by Gasteiger charge is 2.11. The van der Waals surface area contributed by atoms with Gasteiger partial charge in [-0.3, -0.25) is 4.79 Å². The second-order valence-electron chi connectivity index (χ2n) is 2.45. The second kappa shape index (κ2) is 4.28. The average Bonchev–Trinajstić information content (AvgIpc) is 1.87. The first-order valence-corrected chi connectivity index (χ1v) is 3.46. The maximum atomic E-state index is 10.7. The Morgan fingerprint density at radius 1 is 1.60 bits per heavy atom. The van der Waals surface area contributed by atoms with Crippen molar-refractivity contribution in [3.05, 3.63) is 0 Å². The third kappa shape index (κ3) is 3.45. The van der Waals surface area contributed by atoms with Crippen LogP contribution >= 0.6 is 0 Å². The maximum absolute atomic E-state index is 10.7. The predicted molar refractivity (Wildman–Crippen MR) is 37.2 cm³/mol. The molecule has 0 bridgehead atoms. The van der Waals surface area contributed by atoms with Crippen LogP contribution in [0, 0.1) is 5.92 Å². The summed E-state index contributed by atoms with van der Waals surface area (Å²) in [6, 6.07) is 0. The molecule has 0 spiro atoms. The Hall–Kier alpha value is -0.570. The van der Waals surface area contributed by atoms with Crippen LogP contribution in [0.3, 0.4) is 0 Å². The van der Waals surface area contributed by atoms with Crippen LogP contribution in [0.5, 0.6) is 0 Å². The molecule has 0 rings (SSSR count). The number of aliphatic hydroxyl groups is 1. The van der Waals surface area contributed by atoms with E-state index in [9.17, 15) is 4.79 Å². The highest BCUT2D eigenvalue weighted by atomic mass is 16.6. The zero-order valence-electron chi connectivity index (χ0n) is 6.63. The van der Waals surface area contributed by atoms with Gasteiger partial charge < -0.3 is 9.84 Å². The van der Waals surface area contributed by atoms with Gasteiger partial charge in [-0.15, -0.1) is 0 Å². The lowest BCUT2D eigenvalue weighted by atomic mass is 10.2. The van der Waals surface area contributed by atoms with Crippen LogP contribution in [0.15, 0.2) is 0 Å². The lowest BCUT2D eigenvalue weighted by molar-refractivity contribution is -0.171. The van der Waals surface area contributed by atoms with Gasteiger partial charge in [-0.05, 0) is 0 Å². The summed E-state index contributed by atoms with van der Waals surface area (Å²) >= 11 is 0. The Kier molecular flexibility index (Phi) is 4.03. The van der Waals surface area contributed by atoms with Crippen LogP contribution in [-0.2, 0) is 9.53 Å². The van der Waals surface area contributed by atoms with E-state index in [1.807, 2.05) is 0 Å². The van der Waals surface area contributed by atoms with E-state index in [-0.39, 0.29) is 11.9 Å². The van der Waals surface area contributed by atoms with Crippen LogP contribution < -0.4 is 0 Å². The van der Waals surface area contributed by atoms with E-state index in [0.29, 0.717) is 6.42 Å². The van der Waals surface area contributed by atoms with Crippen LogP contribution in [-0.4, -0.2) is 17.4 Å². The molecule has 0 aliphatic rings. The molecule has 0 aromatic heterocycles. The van der Waals surface area contributed by atoms with E-state index in [1.54, 1.807) is 20.8 Å². The summed E-state index contributed by atoms with van der Waals surface area (Å²) in [5.41, 5.74) is 0. The van der Waals surface area contributed by atoms with Crippen molar-refractivity contribution in [2.75, 3.05) is 0 Å². The van der Waals surface area contributed by atoms with Crippen LogP contribution in [0.4, 0.5) is 0 Å². The Bertz CT molecular complexity index is 109. The largest absolute Gasteiger partial charge is 0.436 e. The summed E-state index contributed by atoms with van der Waals surface area (Å²) in [6.45, 7) is 5.20. The second-order valence-corrected chi connectivity index (χ2v) is 2.45. The summed E-state index contributed by atoms with van der Waals surface area (Å²) < 4.78 is 4.58. The van der Waals surface area contributed by atoms with Crippen molar-refractivity contribution in [2.45, 2.75) is 33.5 Å². The zero-order chi connectivity index (χ0) is 8.15. The molecule has 60 valence electrons. The fraction of sp³-hybridized carbons (Fsp3) is 0.857. The molecule has 0 radical (unpaired) electrons. The summed E-state index contributed by atoms with van der Waals surface area (Å²) in [5.74, 6) is -0.518. The van der Waals surface area contributed by atoms with Crippen molar-refractivity contribution in [3.8, 4) is 0 Å². The SMILES string of the molecule is CCC(O)OC(=O)C(C)C. The Morgan fingerprint density at radius 2 is 2.10 bits per heavy atom. The normalized spacial score (nSPS) is 13.3. The number of rotatable bonds is 3. The van der Waals surface area contributed by atoms with Gasteiger partial charge in [0.2, 0.25) is 0 Å². The van der Waals surface area contributed by atoms with E-state index in [0.717, 1.165) is 0 Å². The van der Waals surface area contributed by atoms with E-state index in [2.05, 4.69) is 4.74 Å². The van der Waals surface area contributed by atoms with Gasteiger partial charge in [0.1, 0.15) is 0 Å². The monoisotopic (exact) mass is 146 g/mol. The molecule has 0 aliphatic carbocycles. The number of hydrogen-bond acceptors (Lipinski definition) is 3. The highest BCUT2D eigenvalue weighted by molar-refractivity contribution is 5.71. The number of esters is 1. The first kappa shape index (κ1) is 9.43. The number of carbonyl (C=O) groups is 1. The van der Waals surface area contributed by atoms with E-state index >= 15 is 0 Å². The van der Waals surface area contributed by atoms with Crippen molar-refractivity contribution >= 4 is 5.97 Å². The standard InChI is InChI=1S/C7H14O3/c1-4-6(8)10-7(9)5(2)3/h5-6,8H,4H2,1-3H3. The van der Waals surface area contributed by atoms with Gasteiger partial charge >= 0.3 is 5.97 Å². The molecule has 0 saturated carbocycles. The molecule has 0 aromatic carbocycles. The fourth-order valence-corrected chi connectivity index (χ4v) is 0.353. The number of carbonyl (C=O) groups excluding carboxylic acids is 1. The Labute approximate surface area is 61.0 Å². The lowest BCUT2D eigenvalue weighted by Crippen LogP contribution is -2.20. The first-order chi connectivity index (χ1) is 4.57. The summed E-state index contributed by atoms with van der Waals surface area (Å²) in [6.07, 6.45) is -0.492. The molecule has 3 heteroatoms. The summed E-state index contributed by atoms with van der Waals surface area (Å²) in [5, 5.41) is 8.83. The minimum absolute atomic E-state index is 0.166. The van der Waals surface area contributed by atoms with Crippen molar-refractivity contribution < 1.29 is 14.6 Å². The molecule has 0 fully saturated rings. The maximum Gasteiger partial charge on any atom is 0.310 e. The topological polar surface area (TPSA) is 46.5 Å². The fourth-order valence-electron chi connectivity index (χ4n) is 0.353. The third-order valence-corrected chi connectivity index (χ3v) is 1.07. The van der Waals surface area contributed by atoms with Crippen LogP contribution in [0.1, 0.15) is 27.2 Å². The smallest absolute Gasteiger partial charge is 0.310 e. The lowest BCUT2D eigenvalue weighted by Gasteiger charge is -2.10. The minimum atomic E-state index is -0.935. The number of hydrogen-bond donors (Lipinski definition) is 1. The van der Waals surface area contributed by atoms with Crippen molar-refractivity contribution in [1.29, 1.82) is 0 Å². The number of ether oxygens (including phenoxy) is 1. The van der Waals surface area contributed by atoms with Gasteiger partial charge in [-0.1, -0.05) is 20.8 Å². The molecule has 1 N–H and O–H groups in total. The van der Waals surface area contributed by atoms with E-state index in [1.165, 1.54) is 0 Å². The van der Waals surface area contributed by atoms with Crippen molar-refractivity contribution in [3.63, 3.8) is 0 Å². The molecule has 0 aromatic rings. The highest BCUT2D eigenvalue weighted by Crippen LogP contribution is 2.00. The van der Waals surface area contributed by atoms with Crippen LogP contribution in [0.25, 0.3) is 0 Å². The predicted octanol–water partition coefficient (Wildman–Crippen LogP) is 0.914. The zero-order valence-corrected chi connectivity index (χ0v) is 6.63. The van der Waals surface area contributed by atoms with Gasteiger partial charge in [-0.2, -0.15) is 0 Å².